The highest BCUT2D eigenvalue weighted by Crippen LogP contribution is 2.32. The average molecular weight is 1350 g/mol. The highest BCUT2D eigenvalue weighted by Gasteiger charge is 2.49. The summed E-state index contributed by atoms with van der Waals surface area (Å²) in [5, 5.41) is 18.2. The first-order valence-electron chi connectivity index (χ1n) is 33.4. The van der Waals surface area contributed by atoms with E-state index in [0.29, 0.717) is 0 Å². The molecule has 22 heteroatoms. The molecule has 98 heavy (non-hydrogen) atoms. The smallest absolute Gasteiger partial charge is 0.410 e. The molecule has 0 bridgehead atoms. The number of aryl methyl sites for hydroxylation is 2. The van der Waals surface area contributed by atoms with Crippen LogP contribution in [0.15, 0.2) is 133 Å². The molecule has 7 rings (SSSR count). The van der Waals surface area contributed by atoms with Crippen molar-refractivity contribution < 1.29 is 57.4 Å². The van der Waals surface area contributed by atoms with Crippen molar-refractivity contribution >= 4 is 59.4 Å². The van der Waals surface area contributed by atoms with E-state index < -0.39 is 142 Å². The van der Waals surface area contributed by atoms with Crippen LogP contribution in [0.2, 0.25) is 0 Å². The summed E-state index contributed by atoms with van der Waals surface area (Å²) in [5.41, 5.74) is 1.94. The van der Waals surface area contributed by atoms with E-state index in [9.17, 15) is 38.4 Å². The molecule has 2 aliphatic heterocycles. The van der Waals surface area contributed by atoms with E-state index in [1.807, 2.05) is 123 Å². The van der Waals surface area contributed by atoms with Gasteiger partial charge in [-0.3, -0.25) is 48.2 Å². The van der Waals surface area contributed by atoms with Crippen LogP contribution in [0.5, 0.6) is 0 Å². The number of carbonyl (C=O) groups is 10. The van der Waals surface area contributed by atoms with E-state index in [2.05, 4.69) is 31.9 Å². The maximum atomic E-state index is 15.2. The molecule has 10 atom stereocenters. The Bertz CT molecular complexity index is 3430. The van der Waals surface area contributed by atoms with Gasteiger partial charge in [-0.05, 0) is 139 Å². The Kier molecular flexibility index (Phi) is 24.2. The van der Waals surface area contributed by atoms with Crippen LogP contribution in [-0.4, -0.2) is 166 Å². The SMILES string of the molecule is Cc1ccc([C@H](NC(=O)[C@@H]2C[C@H](NC(=O)c3ccc(C(=O)N[C@H]4C[C@@H](C(=O)N[C@H](c5ccccc5)c5ccc(C)cc5)N(C(=O)[C@@H](NC(=O)[C@H](C)N(C)C(=O)OC(C)(C)C)C(C)(C)C)C4)cc3)CN2C(=O)[C@@H](NC(=O)[C@H](C)N(C)C(=O)OC(C)(C)C)C(C)(C)C)c2ccccc2)cc1. The fourth-order valence-electron chi connectivity index (χ4n) is 11.7. The predicted octanol–water partition coefficient (Wildman–Crippen LogP) is 9.09. The van der Waals surface area contributed by atoms with Crippen molar-refractivity contribution in [1.82, 2.24) is 51.5 Å². The third-order valence-electron chi connectivity index (χ3n) is 17.6. The van der Waals surface area contributed by atoms with E-state index in [4.69, 9.17) is 9.47 Å². The molecule has 0 unspecified atom stereocenters. The average Bonchev–Trinajstić information content (AvgIpc) is 1.60. The molecule has 0 saturated carbocycles. The van der Waals surface area contributed by atoms with Crippen LogP contribution in [0, 0.1) is 24.7 Å². The van der Waals surface area contributed by atoms with E-state index >= 15 is 9.59 Å². The molecule has 0 aliphatic carbocycles. The Morgan fingerprint density at radius 1 is 0.429 bits per heavy atom. The van der Waals surface area contributed by atoms with Crippen LogP contribution in [0.1, 0.15) is 176 Å². The fourth-order valence-corrected chi connectivity index (χ4v) is 11.7. The first kappa shape index (κ1) is 75.8. The Morgan fingerprint density at radius 2 is 0.724 bits per heavy atom. The lowest BCUT2D eigenvalue weighted by Crippen LogP contribution is -2.60. The summed E-state index contributed by atoms with van der Waals surface area (Å²) in [4.78, 5) is 148. The van der Waals surface area contributed by atoms with Gasteiger partial charge in [0.05, 0.1) is 12.1 Å². The van der Waals surface area contributed by atoms with Crippen LogP contribution in [0.3, 0.4) is 0 Å². The zero-order chi connectivity index (χ0) is 72.5. The van der Waals surface area contributed by atoms with Crippen LogP contribution in [-0.2, 0) is 38.2 Å². The molecule has 5 aromatic carbocycles. The van der Waals surface area contributed by atoms with Crippen LogP contribution in [0.4, 0.5) is 9.59 Å². The molecule has 2 heterocycles. The largest absolute Gasteiger partial charge is 0.444 e. The van der Waals surface area contributed by atoms with E-state index in [0.717, 1.165) is 43.2 Å². The molecule has 2 saturated heterocycles. The van der Waals surface area contributed by atoms with Crippen molar-refractivity contribution in [2.24, 2.45) is 10.8 Å². The normalized spacial score (nSPS) is 18.3. The lowest BCUT2D eigenvalue weighted by atomic mass is 9.85. The quantitative estimate of drug-likeness (QED) is 0.0426. The molecule has 0 spiro atoms. The number of benzene rings is 5. The highest BCUT2D eigenvalue weighted by atomic mass is 16.6. The number of nitrogens with zero attached hydrogens (tertiary/aromatic N) is 4. The van der Waals surface area contributed by atoms with Gasteiger partial charge in [0.25, 0.3) is 11.8 Å². The van der Waals surface area contributed by atoms with Gasteiger partial charge in [-0.2, -0.15) is 0 Å². The second-order valence-corrected chi connectivity index (χ2v) is 30.1. The number of hydrogen-bond donors (Lipinski definition) is 6. The lowest BCUT2D eigenvalue weighted by molar-refractivity contribution is -0.144. The number of carbonyl (C=O) groups excluding carboxylic acids is 10. The molecule has 2 fully saturated rings. The van der Waals surface area contributed by atoms with Gasteiger partial charge in [0, 0.05) is 50.4 Å². The van der Waals surface area contributed by atoms with Crippen LogP contribution in [0.25, 0.3) is 0 Å². The number of hydrogen-bond acceptors (Lipinski definition) is 12. The van der Waals surface area contributed by atoms with E-state index in [-0.39, 0.29) is 37.1 Å². The van der Waals surface area contributed by atoms with Gasteiger partial charge in [0.1, 0.15) is 47.5 Å². The second kappa shape index (κ2) is 31.3. The van der Waals surface area contributed by atoms with Crippen molar-refractivity contribution in [3.63, 3.8) is 0 Å². The zero-order valence-corrected chi connectivity index (χ0v) is 60.0. The number of likely N-dealkylation sites (N-methyl/N-ethyl adjacent to an activating group) is 2. The van der Waals surface area contributed by atoms with Crippen molar-refractivity contribution in [3.05, 3.63) is 178 Å². The third kappa shape index (κ3) is 19.8. The van der Waals surface area contributed by atoms with Crippen molar-refractivity contribution in [2.75, 3.05) is 27.2 Å². The van der Waals surface area contributed by atoms with Gasteiger partial charge in [0.15, 0.2) is 0 Å². The standard InChI is InChI=1S/C76H100N10O12/c1-45-29-33-51(34-30-45)59(49-25-21-19-22-26-49)79-67(91)57-41-55(43-85(57)69(93)61(73(5,6)7)81-63(87)47(3)83(17)71(95)97-75(11,12)13)77-65(89)53-37-39-54(40-38-53)66(90)78-56-42-58(68(92)80-60(50-27-23-20-24-28-50)52-35-31-46(2)32-36-52)86(44-56)70(94)62(74(8,9)10)82-64(88)48(4)84(18)72(96)98-76(14,15)16/h19-40,47-48,55-62H,41-44H2,1-18H3,(H,77,89)(H,78,90)(H,79,91)(H,80,92)(H,81,87)(H,82,88)/t47-,48-,55-,56-,57-,58-,59+,60+,61+,62+/m0/s1. The van der Waals surface area contributed by atoms with Gasteiger partial charge in [-0.1, -0.05) is 162 Å². The summed E-state index contributed by atoms with van der Waals surface area (Å²) in [6.45, 7) is 27.6. The number of rotatable bonds is 20. The summed E-state index contributed by atoms with van der Waals surface area (Å²) in [7, 11) is 2.85. The van der Waals surface area contributed by atoms with Gasteiger partial charge in [-0.15, -0.1) is 0 Å². The molecule has 6 N–H and O–H groups in total. The fraction of sp³-hybridized carbons (Fsp3) is 0.474. The Morgan fingerprint density at radius 3 is 1.01 bits per heavy atom. The summed E-state index contributed by atoms with van der Waals surface area (Å²) < 4.78 is 11.0. The van der Waals surface area contributed by atoms with Gasteiger partial charge in [-0.25, -0.2) is 9.59 Å². The third-order valence-corrected chi connectivity index (χ3v) is 17.6. The number of ether oxygens (including phenoxy) is 2. The van der Waals surface area contributed by atoms with Gasteiger partial charge < -0.3 is 51.2 Å². The molecule has 5 aromatic rings. The number of nitrogens with one attached hydrogen (secondary N) is 6. The van der Waals surface area contributed by atoms with Gasteiger partial charge in [0.2, 0.25) is 35.4 Å². The minimum atomic E-state index is -1.22. The monoisotopic (exact) mass is 1340 g/mol. The molecular weight excluding hydrogens is 1240 g/mol. The Hall–Kier alpha value is -9.60. The lowest BCUT2D eigenvalue weighted by Gasteiger charge is -2.37. The maximum Gasteiger partial charge on any atom is 0.410 e. The predicted molar refractivity (Wildman–Crippen MR) is 374 cm³/mol. The molecule has 22 nitrogen and oxygen atoms in total. The molecular formula is C76H100N10O12. The molecule has 2 aliphatic rings. The minimum absolute atomic E-state index is 0.0198. The summed E-state index contributed by atoms with van der Waals surface area (Å²) in [6, 6.07) is 30.4. The van der Waals surface area contributed by atoms with Crippen molar-refractivity contribution in [1.29, 1.82) is 0 Å². The second-order valence-electron chi connectivity index (χ2n) is 30.1. The summed E-state index contributed by atoms with van der Waals surface area (Å²) in [5.74, 6) is -4.60. The van der Waals surface area contributed by atoms with Gasteiger partial charge >= 0.3 is 12.2 Å². The first-order chi connectivity index (χ1) is 45.7. The number of likely N-dealkylation sites (tertiary alicyclic amines) is 2. The molecule has 10 amide bonds. The number of amides is 10. The van der Waals surface area contributed by atoms with Crippen LogP contribution >= 0.6 is 0 Å². The van der Waals surface area contributed by atoms with E-state index in [1.165, 1.54) is 62.0 Å². The molecule has 0 aromatic heterocycles. The summed E-state index contributed by atoms with van der Waals surface area (Å²) >= 11 is 0. The van der Waals surface area contributed by atoms with Crippen LogP contribution < -0.4 is 31.9 Å². The highest BCUT2D eigenvalue weighted by molar-refractivity contribution is 6.00. The maximum absolute atomic E-state index is 15.2. The molecule has 526 valence electrons. The minimum Gasteiger partial charge on any atom is -0.444 e. The summed E-state index contributed by atoms with van der Waals surface area (Å²) in [6.07, 6.45) is -1.52. The topological polar surface area (TPSA) is 274 Å². The first-order valence-corrected chi connectivity index (χ1v) is 33.4. The Balaban J connectivity index is 1.13. The van der Waals surface area contributed by atoms with Crippen molar-refractivity contribution in [2.45, 2.75) is 195 Å². The Labute approximate surface area is 577 Å². The zero-order valence-electron chi connectivity index (χ0n) is 60.0. The van der Waals surface area contributed by atoms with E-state index in [1.54, 1.807) is 83.1 Å². The molecule has 0 radical (unpaired) electrons. The van der Waals surface area contributed by atoms with Crippen molar-refractivity contribution in [3.8, 4) is 0 Å².